The van der Waals surface area contributed by atoms with Crippen molar-refractivity contribution in [2.24, 2.45) is 0 Å². The molecule has 3 aromatic rings. The van der Waals surface area contributed by atoms with E-state index in [0.717, 1.165) is 40.9 Å². The van der Waals surface area contributed by atoms with Crippen molar-refractivity contribution in [3.63, 3.8) is 0 Å². The number of amides is 1. The van der Waals surface area contributed by atoms with Gasteiger partial charge in [-0.1, -0.05) is 42.0 Å². The van der Waals surface area contributed by atoms with Crippen molar-refractivity contribution in [3.8, 4) is 0 Å². The van der Waals surface area contributed by atoms with E-state index >= 15 is 0 Å². The molecule has 1 saturated heterocycles. The van der Waals surface area contributed by atoms with E-state index in [1.807, 2.05) is 49.5 Å². The minimum Gasteiger partial charge on any atom is -0.355 e. The molecular weight excluding hydrogens is 433 g/mol. The molecule has 0 bridgehead atoms. The SMILES string of the molecule is Cc1c(Nc2cccc(Cl)c2)c(C2CN(C=O)CCC2c2ccc(F)cc2)c[nH]c1=S. The van der Waals surface area contributed by atoms with E-state index in [4.69, 9.17) is 23.8 Å². The van der Waals surface area contributed by atoms with Gasteiger partial charge in [-0.3, -0.25) is 4.79 Å². The molecule has 0 aliphatic carbocycles. The van der Waals surface area contributed by atoms with Crippen molar-refractivity contribution in [1.29, 1.82) is 0 Å². The molecule has 2 aromatic carbocycles. The van der Waals surface area contributed by atoms with E-state index in [9.17, 15) is 9.18 Å². The molecule has 1 fully saturated rings. The number of aromatic nitrogens is 1. The molecule has 1 aliphatic heterocycles. The van der Waals surface area contributed by atoms with Crippen LogP contribution in [0.1, 0.15) is 34.9 Å². The number of nitrogens with one attached hydrogen (secondary N) is 2. The number of carbonyl (C=O) groups excluding carboxylic acids is 1. The van der Waals surface area contributed by atoms with Crippen LogP contribution in [0, 0.1) is 17.4 Å². The monoisotopic (exact) mass is 455 g/mol. The van der Waals surface area contributed by atoms with Gasteiger partial charge in [-0.2, -0.15) is 0 Å². The first-order valence-corrected chi connectivity index (χ1v) is 10.9. The highest BCUT2D eigenvalue weighted by molar-refractivity contribution is 7.71. The van der Waals surface area contributed by atoms with Crippen molar-refractivity contribution in [2.45, 2.75) is 25.2 Å². The number of aromatic amines is 1. The van der Waals surface area contributed by atoms with Crippen LogP contribution in [0.2, 0.25) is 5.02 Å². The van der Waals surface area contributed by atoms with Gasteiger partial charge in [0.25, 0.3) is 0 Å². The molecule has 160 valence electrons. The largest absolute Gasteiger partial charge is 0.355 e. The fourth-order valence-electron chi connectivity index (χ4n) is 4.32. The number of nitrogens with zero attached hydrogens (tertiary/aromatic N) is 1. The number of H-pyrrole nitrogens is 1. The van der Waals surface area contributed by atoms with Gasteiger partial charge in [0, 0.05) is 47.2 Å². The molecule has 31 heavy (non-hydrogen) atoms. The van der Waals surface area contributed by atoms with Gasteiger partial charge in [-0.15, -0.1) is 0 Å². The lowest BCUT2D eigenvalue weighted by Crippen LogP contribution is -2.37. The highest BCUT2D eigenvalue weighted by Crippen LogP contribution is 2.43. The summed E-state index contributed by atoms with van der Waals surface area (Å²) >= 11 is 11.7. The Kier molecular flexibility index (Phi) is 6.39. The summed E-state index contributed by atoms with van der Waals surface area (Å²) in [6.07, 6.45) is 3.62. The van der Waals surface area contributed by atoms with Crippen LogP contribution in [0.4, 0.5) is 15.8 Å². The maximum Gasteiger partial charge on any atom is 0.209 e. The van der Waals surface area contributed by atoms with Crippen LogP contribution in [0.25, 0.3) is 0 Å². The number of hydrogen-bond donors (Lipinski definition) is 2. The van der Waals surface area contributed by atoms with Crippen LogP contribution in [-0.4, -0.2) is 29.4 Å². The molecule has 2 N–H and O–H groups in total. The summed E-state index contributed by atoms with van der Waals surface area (Å²) in [5.41, 5.74) is 4.79. The molecule has 2 heterocycles. The molecule has 7 heteroatoms. The van der Waals surface area contributed by atoms with Crippen LogP contribution < -0.4 is 5.32 Å². The first kappa shape index (κ1) is 21.5. The Morgan fingerprint density at radius 2 is 2.00 bits per heavy atom. The van der Waals surface area contributed by atoms with Crippen LogP contribution in [0.5, 0.6) is 0 Å². The van der Waals surface area contributed by atoms with Gasteiger partial charge in [0.1, 0.15) is 10.5 Å². The molecule has 1 aromatic heterocycles. The van der Waals surface area contributed by atoms with Gasteiger partial charge < -0.3 is 15.2 Å². The standard InChI is InChI=1S/C24H23ClFN3OS/c1-15-23(28-19-4-2-3-17(25)11-19)21(12-27-24(15)31)22-13-29(14-30)10-9-20(22)16-5-7-18(26)8-6-16/h2-8,11-12,14,20,22H,9-10,13H2,1H3,(H2,27,28,31). The normalized spacial score (nSPS) is 18.6. The number of anilines is 2. The Hall–Kier alpha value is -2.70. The second kappa shape index (κ2) is 9.20. The van der Waals surface area contributed by atoms with Gasteiger partial charge in [0.05, 0.1) is 0 Å². The van der Waals surface area contributed by atoms with E-state index < -0.39 is 0 Å². The number of carbonyl (C=O) groups is 1. The highest BCUT2D eigenvalue weighted by Gasteiger charge is 2.33. The summed E-state index contributed by atoms with van der Waals surface area (Å²) in [7, 11) is 0. The molecule has 4 rings (SSSR count). The lowest BCUT2D eigenvalue weighted by molar-refractivity contribution is -0.119. The van der Waals surface area contributed by atoms with Crippen molar-refractivity contribution >= 4 is 41.6 Å². The van der Waals surface area contributed by atoms with E-state index in [2.05, 4.69) is 10.3 Å². The van der Waals surface area contributed by atoms with Crippen molar-refractivity contribution in [1.82, 2.24) is 9.88 Å². The van der Waals surface area contributed by atoms with Crippen molar-refractivity contribution < 1.29 is 9.18 Å². The van der Waals surface area contributed by atoms with E-state index in [1.54, 1.807) is 4.90 Å². The number of likely N-dealkylation sites (tertiary alicyclic amines) is 1. The zero-order valence-electron chi connectivity index (χ0n) is 17.1. The molecule has 1 amide bonds. The van der Waals surface area contributed by atoms with Crippen LogP contribution in [0.15, 0.2) is 54.7 Å². The number of benzene rings is 2. The number of halogens is 2. The Bertz CT molecular complexity index is 1150. The maximum atomic E-state index is 13.5. The first-order valence-electron chi connectivity index (χ1n) is 10.2. The molecule has 0 saturated carbocycles. The molecule has 2 atom stereocenters. The predicted molar refractivity (Wildman–Crippen MR) is 125 cm³/mol. The number of piperidine rings is 1. The molecule has 2 unspecified atom stereocenters. The number of rotatable bonds is 5. The minimum atomic E-state index is -0.256. The lowest BCUT2D eigenvalue weighted by atomic mass is 9.76. The van der Waals surface area contributed by atoms with Gasteiger partial charge >= 0.3 is 0 Å². The van der Waals surface area contributed by atoms with E-state index in [-0.39, 0.29) is 17.7 Å². The Labute approximate surface area is 191 Å². The zero-order chi connectivity index (χ0) is 22.0. The summed E-state index contributed by atoms with van der Waals surface area (Å²) in [4.78, 5) is 16.6. The molecular formula is C24H23ClFN3OS. The van der Waals surface area contributed by atoms with E-state index in [0.29, 0.717) is 22.8 Å². The quantitative estimate of drug-likeness (QED) is 0.349. The van der Waals surface area contributed by atoms with Crippen molar-refractivity contribution in [2.75, 3.05) is 18.4 Å². The summed E-state index contributed by atoms with van der Waals surface area (Å²) in [5.74, 6) is -0.106. The van der Waals surface area contributed by atoms with Gasteiger partial charge in [-0.05, 0) is 60.7 Å². The molecule has 1 aliphatic rings. The average Bonchev–Trinajstić information content (AvgIpc) is 2.77. The third-order valence-electron chi connectivity index (χ3n) is 5.95. The van der Waals surface area contributed by atoms with Crippen LogP contribution >= 0.6 is 23.8 Å². The summed E-state index contributed by atoms with van der Waals surface area (Å²) in [6, 6.07) is 14.2. The third kappa shape index (κ3) is 4.65. The Morgan fingerprint density at radius 3 is 2.71 bits per heavy atom. The van der Waals surface area contributed by atoms with Crippen LogP contribution in [0.3, 0.4) is 0 Å². The smallest absolute Gasteiger partial charge is 0.209 e. The second-order valence-electron chi connectivity index (χ2n) is 7.86. The van der Waals surface area contributed by atoms with Gasteiger partial charge in [-0.25, -0.2) is 4.39 Å². The minimum absolute atomic E-state index is 0.0108. The van der Waals surface area contributed by atoms with Gasteiger partial charge in [0.15, 0.2) is 0 Å². The van der Waals surface area contributed by atoms with Gasteiger partial charge in [0.2, 0.25) is 6.41 Å². The first-order chi connectivity index (χ1) is 15.0. The second-order valence-corrected chi connectivity index (χ2v) is 8.71. The predicted octanol–water partition coefficient (Wildman–Crippen LogP) is 6.32. The highest BCUT2D eigenvalue weighted by atomic mass is 35.5. The summed E-state index contributed by atoms with van der Waals surface area (Å²) in [5, 5.41) is 4.13. The average molecular weight is 456 g/mol. The number of hydrogen-bond acceptors (Lipinski definition) is 3. The molecule has 0 spiro atoms. The van der Waals surface area contributed by atoms with E-state index in [1.165, 1.54) is 12.1 Å². The lowest BCUT2D eigenvalue weighted by Gasteiger charge is -2.38. The zero-order valence-corrected chi connectivity index (χ0v) is 18.6. The fourth-order valence-corrected chi connectivity index (χ4v) is 4.67. The summed E-state index contributed by atoms with van der Waals surface area (Å²) < 4.78 is 14.2. The van der Waals surface area contributed by atoms with Crippen LogP contribution in [-0.2, 0) is 4.79 Å². The summed E-state index contributed by atoms with van der Waals surface area (Å²) in [6.45, 7) is 3.21. The Balaban J connectivity index is 1.80. The Morgan fingerprint density at radius 1 is 1.23 bits per heavy atom. The third-order valence-corrected chi connectivity index (χ3v) is 6.61. The fraction of sp³-hybridized carbons (Fsp3) is 0.250. The maximum absolute atomic E-state index is 13.5. The molecule has 4 nitrogen and oxygen atoms in total. The molecule has 0 radical (unpaired) electrons. The van der Waals surface area contributed by atoms with Crippen molar-refractivity contribution in [3.05, 3.63) is 86.9 Å². The topological polar surface area (TPSA) is 48.1 Å². The number of pyridine rings is 1.